The molecule has 0 bridgehead atoms. The van der Waals surface area contributed by atoms with Gasteiger partial charge in [-0.2, -0.15) is 0 Å². The van der Waals surface area contributed by atoms with Gasteiger partial charge in [-0.3, -0.25) is 4.79 Å². The zero-order chi connectivity index (χ0) is 20.8. The fraction of sp³-hybridized carbons (Fsp3) is 0.286. The van der Waals surface area contributed by atoms with E-state index < -0.39 is 12.0 Å². The van der Waals surface area contributed by atoms with E-state index in [4.69, 9.17) is 9.47 Å². The summed E-state index contributed by atoms with van der Waals surface area (Å²) < 4.78 is 10.1. The van der Waals surface area contributed by atoms with Gasteiger partial charge in [0.2, 0.25) is 5.91 Å². The molecule has 0 unspecified atom stereocenters. The molecule has 8 heteroatoms. The Morgan fingerprint density at radius 1 is 1.17 bits per heavy atom. The molecule has 0 spiro atoms. The zero-order valence-electron chi connectivity index (χ0n) is 16.3. The molecule has 1 atom stereocenters. The van der Waals surface area contributed by atoms with Gasteiger partial charge < -0.3 is 25.0 Å². The van der Waals surface area contributed by atoms with Crippen molar-refractivity contribution in [3.8, 4) is 5.75 Å². The molecule has 2 aromatic carbocycles. The van der Waals surface area contributed by atoms with Gasteiger partial charge in [-0.15, -0.1) is 0 Å². The number of amides is 3. The fourth-order valence-corrected chi connectivity index (χ4v) is 3.09. The van der Waals surface area contributed by atoms with E-state index >= 15 is 0 Å². The summed E-state index contributed by atoms with van der Waals surface area (Å²) in [6.45, 7) is 2.41. The minimum absolute atomic E-state index is 0.0673. The van der Waals surface area contributed by atoms with Crippen LogP contribution in [0.3, 0.4) is 0 Å². The van der Waals surface area contributed by atoms with Crippen LogP contribution in [0.15, 0.2) is 48.5 Å². The zero-order valence-corrected chi connectivity index (χ0v) is 16.3. The number of carbonyl (C=O) groups excluding carboxylic acids is 3. The smallest absolute Gasteiger partial charge is 0.338 e. The van der Waals surface area contributed by atoms with Gasteiger partial charge in [0.25, 0.3) is 0 Å². The van der Waals surface area contributed by atoms with Crippen LogP contribution in [0.4, 0.5) is 16.2 Å². The van der Waals surface area contributed by atoms with Crippen LogP contribution in [0.2, 0.25) is 0 Å². The van der Waals surface area contributed by atoms with Gasteiger partial charge in [0, 0.05) is 30.4 Å². The molecule has 0 radical (unpaired) electrons. The monoisotopic (exact) mass is 397 g/mol. The molecular weight excluding hydrogens is 374 g/mol. The highest BCUT2D eigenvalue weighted by Gasteiger charge is 2.31. The van der Waals surface area contributed by atoms with Gasteiger partial charge in [-0.05, 0) is 43.3 Å². The molecule has 8 nitrogen and oxygen atoms in total. The first-order valence-electron chi connectivity index (χ1n) is 9.29. The van der Waals surface area contributed by atoms with E-state index in [9.17, 15) is 14.4 Å². The first kappa shape index (κ1) is 20.2. The summed E-state index contributed by atoms with van der Waals surface area (Å²) in [4.78, 5) is 37.9. The van der Waals surface area contributed by atoms with Gasteiger partial charge >= 0.3 is 12.0 Å². The fourth-order valence-electron chi connectivity index (χ4n) is 3.09. The summed E-state index contributed by atoms with van der Waals surface area (Å²) in [5, 5.41) is 5.51. The number of hydrogen-bond donors (Lipinski definition) is 2. The van der Waals surface area contributed by atoms with Crippen LogP contribution in [0.25, 0.3) is 0 Å². The normalized spacial score (nSPS) is 15.7. The predicted octanol–water partition coefficient (Wildman–Crippen LogP) is 2.80. The number of rotatable bonds is 6. The number of nitrogens with one attached hydrogen (secondary N) is 2. The number of methoxy groups -OCH3 is 1. The van der Waals surface area contributed by atoms with Crippen LogP contribution in [-0.2, 0) is 9.53 Å². The summed E-state index contributed by atoms with van der Waals surface area (Å²) >= 11 is 0. The number of hydrogen-bond acceptors (Lipinski definition) is 5. The minimum atomic E-state index is -0.417. The Labute approximate surface area is 168 Å². The SMILES string of the molecule is CCOC(=O)c1ccc(NC(=O)N[C@@H]2CC(=O)N(c3cccc(OC)c3)C2)cc1. The number of carbonyl (C=O) groups is 3. The lowest BCUT2D eigenvalue weighted by molar-refractivity contribution is -0.117. The Balaban J connectivity index is 1.56. The average molecular weight is 397 g/mol. The Bertz CT molecular complexity index is 897. The number of urea groups is 1. The van der Waals surface area contributed by atoms with Crippen LogP contribution >= 0.6 is 0 Å². The summed E-state index contributed by atoms with van der Waals surface area (Å²) in [5.41, 5.74) is 1.67. The molecule has 1 saturated heterocycles. The molecule has 2 aromatic rings. The van der Waals surface area contributed by atoms with E-state index in [-0.39, 0.29) is 18.4 Å². The molecule has 0 aliphatic carbocycles. The summed E-state index contributed by atoms with van der Waals surface area (Å²) in [6.07, 6.45) is 0.215. The molecule has 29 heavy (non-hydrogen) atoms. The van der Waals surface area contributed by atoms with Crippen molar-refractivity contribution in [1.82, 2.24) is 5.32 Å². The lowest BCUT2D eigenvalue weighted by atomic mass is 10.2. The van der Waals surface area contributed by atoms with Crippen molar-refractivity contribution >= 4 is 29.3 Å². The second kappa shape index (κ2) is 9.09. The molecule has 3 amide bonds. The molecule has 0 aromatic heterocycles. The summed E-state index contributed by atoms with van der Waals surface area (Å²) in [5.74, 6) is 0.184. The molecule has 1 aliphatic rings. The lowest BCUT2D eigenvalue weighted by Gasteiger charge is -2.18. The summed E-state index contributed by atoms with van der Waals surface area (Å²) in [6, 6.07) is 12.9. The van der Waals surface area contributed by atoms with Gasteiger partial charge in [0.05, 0.1) is 25.3 Å². The lowest BCUT2D eigenvalue weighted by Crippen LogP contribution is -2.39. The van der Waals surface area contributed by atoms with Crippen molar-refractivity contribution in [3.05, 3.63) is 54.1 Å². The number of benzene rings is 2. The Kier molecular flexibility index (Phi) is 6.33. The Morgan fingerprint density at radius 2 is 1.93 bits per heavy atom. The van der Waals surface area contributed by atoms with Crippen LogP contribution in [0.5, 0.6) is 5.75 Å². The topological polar surface area (TPSA) is 97.0 Å². The molecule has 152 valence electrons. The van der Waals surface area contributed by atoms with E-state index in [1.807, 2.05) is 12.1 Å². The van der Waals surface area contributed by atoms with E-state index in [2.05, 4.69) is 10.6 Å². The van der Waals surface area contributed by atoms with Gasteiger partial charge in [-0.1, -0.05) is 6.07 Å². The maximum Gasteiger partial charge on any atom is 0.338 e. The number of esters is 1. The highest BCUT2D eigenvalue weighted by atomic mass is 16.5. The molecule has 1 aliphatic heterocycles. The van der Waals surface area contributed by atoms with Crippen LogP contribution in [-0.4, -0.2) is 44.2 Å². The third kappa shape index (κ3) is 5.04. The van der Waals surface area contributed by atoms with Gasteiger partial charge in [0.15, 0.2) is 0 Å². The van der Waals surface area contributed by atoms with Gasteiger partial charge in [0.1, 0.15) is 5.75 Å². The van der Waals surface area contributed by atoms with Crippen molar-refractivity contribution in [2.24, 2.45) is 0 Å². The second-order valence-electron chi connectivity index (χ2n) is 6.50. The molecule has 2 N–H and O–H groups in total. The number of ether oxygens (including phenoxy) is 2. The Hall–Kier alpha value is -3.55. The van der Waals surface area contributed by atoms with Gasteiger partial charge in [-0.25, -0.2) is 9.59 Å². The minimum Gasteiger partial charge on any atom is -0.497 e. The second-order valence-corrected chi connectivity index (χ2v) is 6.50. The number of anilines is 2. The van der Waals surface area contributed by atoms with E-state index in [1.54, 1.807) is 55.3 Å². The highest BCUT2D eigenvalue weighted by molar-refractivity contribution is 5.98. The summed E-state index contributed by atoms with van der Waals surface area (Å²) in [7, 11) is 1.57. The van der Waals surface area contributed by atoms with Crippen molar-refractivity contribution in [3.63, 3.8) is 0 Å². The predicted molar refractivity (Wildman–Crippen MR) is 108 cm³/mol. The maximum absolute atomic E-state index is 12.3. The standard InChI is InChI=1S/C21H23N3O5/c1-3-29-20(26)14-7-9-15(10-8-14)22-21(27)23-16-11-19(25)24(13-16)17-5-4-6-18(12-17)28-2/h4-10,12,16H,3,11,13H2,1-2H3,(H2,22,23,27)/t16-/m1/s1. The average Bonchev–Trinajstić information content (AvgIpc) is 3.08. The van der Waals surface area contributed by atoms with Crippen LogP contribution < -0.4 is 20.3 Å². The quantitative estimate of drug-likeness (QED) is 0.731. The van der Waals surface area contributed by atoms with Crippen molar-refractivity contribution in [2.45, 2.75) is 19.4 Å². The largest absolute Gasteiger partial charge is 0.497 e. The first-order valence-corrected chi connectivity index (χ1v) is 9.29. The van der Waals surface area contributed by atoms with Crippen molar-refractivity contribution < 1.29 is 23.9 Å². The van der Waals surface area contributed by atoms with Crippen molar-refractivity contribution in [2.75, 3.05) is 30.5 Å². The number of nitrogens with zero attached hydrogens (tertiary/aromatic N) is 1. The molecule has 0 saturated carbocycles. The molecule has 1 fully saturated rings. The molecule has 1 heterocycles. The first-order chi connectivity index (χ1) is 14.0. The molecule has 3 rings (SSSR count). The van der Waals surface area contributed by atoms with Crippen LogP contribution in [0.1, 0.15) is 23.7 Å². The highest BCUT2D eigenvalue weighted by Crippen LogP contribution is 2.25. The third-order valence-electron chi connectivity index (χ3n) is 4.48. The van der Waals surface area contributed by atoms with E-state index in [0.717, 1.165) is 5.69 Å². The maximum atomic E-state index is 12.3. The van der Waals surface area contributed by atoms with E-state index in [1.165, 1.54) is 0 Å². The van der Waals surface area contributed by atoms with Crippen LogP contribution in [0, 0.1) is 0 Å². The van der Waals surface area contributed by atoms with Crippen molar-refractivity contribution in [1.29, 1.82) is 0 Å². The molecular formula is C21H23N3O5. The third-order valence-corrected chi connectivity index (χ3v) is 4.48. The van der Waals surface area contributed by atoms with E-state index in [0.29, 0.717) is 30.2 Å². The Morgan fingerprint density at radius 3 is 2.62 bits per heavy atom.